The fourth-order valence-electron chi connectivity index (χ4n) is 1.17. The van der Waals surface area contributed by atoms with Crippen LogP contribution in [0.1, 0.15) is 31.8 Å². The zero-order chi connectivity index (χ0) is 10.7. The molecule has 0 bridgehead atoms. The first-order valence-electron chi connectivity index (χ1n) is 3.80. The quantitative estimate of drug-likeness (QED) is 0.551. The van der Waals surface area contributed by atoms with Gasteiger partial charge in [0.05, 0.1) is 11.6 Å². The maximum Gasteiger partial charge on any atom is 0.253 e. The molecule has 0 aliphatic rings. The van der Waals surface area contributed by atoms with Crippen LogP contribution in [-0.4, -0.2) is 11.5 Å². The molecule has 0 radical (unpaired) electrons. The second-order valence-corrected chi connectivity index (χ2v) is 3.05. The molecule has 3 nitrogen and oxygen atoms in total. The molecule has 4 heteroatoms. The molecular formula is C10H6ClNO2. The Bertz CT molecular complexity index is 446. The van der Waals surface area contributed by atoms with Crippen LogP contribution in [0.3, 0.4) is 0 Å². The van der Waals surface area contributed by atoms with E-state index in [1.54, 1.807) is 6.92 Å². The molecule has 0 unspecified atom stereocenters. The number of hydrogen-bond acceptors (Lipinski definition) is 3. The van der Waals surface area contributed by atoms with Gasteiger partial charge in [-0.1, -0.05) is 0 Å². The summed E-state index contributed by atoms with van der Waals surface area (Å²) in [5, 5.41) is 7.99. The van der Waals surface area contributed by atoms with Gasteiger partial charge >= 0.3 is 0 Å². The third kappa shape index (κ3) is 1.66. The average Bonchev–Trinajstić information content (AvgIpc) is 2.17. The van der Waals surface area contributed by atoms with E-state index in [0.29, 0.717) is 17.4 Å². The molecule has 0 spiro atoms. The van der Waals surface area contributed by atoms with Crippen molar-refractivity contribution in [2.75, 3.05) is 0 Å². The lowest BCUT2D eigenvalue weighted by molar-refractivity contribution is 0.106. The van der Waals surface area contributed by atoms with Crippen LogP contribution in [0.25, 0.3) is 0 Å². The number of nitriles is 1. The van der Waals surface area contributed by atoms with E-state index < -0.39 is 5.24 Å². The van der Waals surface area contributed by atoms with Crippen molar-refractivity contribution in [1.82, 2.24) is 0 Å². The van der Waals surface area contributed by atoms with Gasteiger partial charge in [-0.2, -0.15) is 5.26 Å². The van der Waals surface area contributed by atoms with Gasteiger partial charge in [0.2, 0.25) is 0 Å². The fraction of sp³-hybridized carbons (Fsp3) is 0.100. The van der Waals surface area contributed by atoms with Crippen LogP contribution in [0, 0.1) is 18.3 Å². The minimum absolute atomic E-state index is 0.137. The van der Waals surface area contributed by atoms with Crippen molar-refractivity contribution >= 4 is 23.1 Å². The number of carbonyl (C=O) groups is 2. The molecule has 0 aliphatic carbocycles. The Kier molecular flexibility index (Phi) is 3.00. The Morgan fingerprint density at radius 3 is 2.64 bits per heavy atom. The molecule has 0 saturated carbocycles. The van der Waals surface area contributed by atoms with Crippen molar-refractivity contribution in [3.8, 4) is 6.07 Å². The van der Waals surface area contributed by atoms with Crippen LogP contribution >= 0.6 is 11.6 Å². The average molecular weight is 208 g/mol. The summed E-state index contributed by atoms with van der Waals surface area (Å²) in [7, 11) is 0. The monoisotopic (exact) mass is 207 g/mol. The summed E-state index contributed by atoms with van der Waals surface area (Å²) in [5.41, 5.74) is 1.17. The predicted octanol–water partition coefficient (Wildman–Crippen LogP) is 2.06. The van der Waals surface area contributed by atoms with E-state index in [1.807, 2.05) is 6.07 Å². The van der Waals surface area contributed by atoms with E-state index in [9.17, 15) is 9.59 Å². The van der Waals surface area contributed by atoms with E-state index in [-0.39, 0.29) is 11.1 Å². The highest BCUT2D eigenvalue weighted by molar-refractivity contribution is 6.68. The molecule has 0 aromatic heterocycles. The number of nitrogens with zero attached hydrogens (tertiary/aromatic N) is 1. The zero-order valence-electron chi connectivity index (χ0n) is 7.37. The summed E-state index contributed by atoms with van der Waals surface area (Å²) in [6.45, 7) is 1.60. The molecule has 0 amide bonds. The van der Waals surface area contributed by atoms with Gasteiger partial charge in [0.15, 0.2) is 6.29 Å². The highest BCUT2D eigenvalue weighted by Gasteiger charge is 2.13. The Labute approximate surface area is 85.9 Å². The van der Waals surface area contributed by atoms with Gasteiger partial charge in [-0.25, -0.2) is 0 Å². The van der Waals surface area contributed by atoms with E-state index in [4.69, 9.17) is 16.9 Å². The minimum atomic E-state index is -0.695. The number of rotatable bonds is 2. The SMILES string of the molecule is Cc1c(C#N)ccc(C(=O)Cl)c1C=O. The van der Waals surface area contributed by atoms with Gasteiger partial charge < -0.3 is 0 Å². The summed E-state index contributed by atoms with van der Waals surface area (Å²) >= 11 is 5.27. The van der Waals surface area contributed by atoms with Gasteiger partial charge in [-0.15, -0.1) is 0 Å². The van der Waals surface area contributed by atoms with Crippen molar-refractivity contribution < 1.29 is 9.59 Å². The Balaban J connectivity index is 3.53. The highest BCUT2D eigenvalue weighted by atomic mass is 35.5. The molecule has 1 aromatic rings. The maximum absolute atomic E-state index is 10.9. The fourth-order valence-corrected chi connectivity index (χ4v) is 1.34. The van der Waals surface area contributed by atoms with Gasteiger partial charge in [0.25, 0.3) is 5.24 Å². The largest absolute Gasteiger partial charge is 0.298 e. The second-order valence-electron chi connectivity index (χ2n) is 2.70. The van der Waals surface area contributed by atoms with Gasteiger partial charge in [-0.05, 0) is 36.2 Å². The number of halogens is 1. The standard InChI is InChI=1S/C10H6ClNO2/c1-6-7(4-12)2-3-8(10(11)14)9(6)5-13/h2-3,5H,1H3. The summed E-state index contributed by atoms with van der Waals surface area (Å²) in [5.74, 6) is 0. The molecular weight excluding hydrogens is 202 g/mol. The molecule has 14 heavy (non-hydrogen) atoms. The topological polar surface area (TPSA) is 57.9 Å². The van der Waals surface area contributed by atoms with Gasteiger partial charge in [0.1, 0.15) is 0 Å². The summed E-state index contributed by atoms with van der Waals surface area (Å²) in [6, 6.07) is 4.77. The number of aldehydes is 1. The Morgan fingerprint density at radius 2 is 2.21 bits per heavy atom. The molecule has 0 heterocycles. The molecule has 1 rings (SSSR count). The summed E-state index contributed by atoms with van der Waals surface area (Å²) in [4.78, 5) is 21.6. The van der Waals surface area contributed by atoms with E-state index in [1.165, 1.54) is 12.1 Å². The number of carbonyl (C=O) groups excluding carboxylic acids is 2. The van der Waals surface area contributed by atoms with Gasteiger partial charge in [0, 0.05) is 11.1 Å². The van der Waals surface area contributed by atoms with E-state index in [2.05, 4.69) is 0 Å². The van der Waals surface area contributed by atoms with Crippen LogP contribution in [0.5, 0.6) is 0 Å². The lowest BCUT2D eigenvalue weighted by Crippen LogP contribution is -2.01. The van der Waals surface area contributed by atoms with Gasteiger partial charge in [-0.3, -0.25) is 9.59 Å². The first-order chi connectivity index (χ1) is 6.61. The Morgan fingerprint density at radius 1 is 1.57 bits per heavy atom. The minimum Gasteiger partial charge on any atom is -0.298 e. The van der Waals surface area contributed by atoms with Crippen LogP contribution in [0.2, 0.25) is 0 Å². The van der Waals surface area contributed by atoms with Crippen molar-refractivity contribution in [3.63, 3.8) is 0 Å². The first kappa shape index (κ1) is 10.4. The van der Waals surface area contributed by atoms with Crippen molar-refractivity contribution in [1.29, 1.82) is 5.26 Å². The molecule has 70 valence electrons. The van der Waals surface area contributed by atoms with Crippen LogP contribution in [-0.2, 0) is 0 Å². The molecule has 0 saturated heterocycles. The van der Waals surface area contributed by atoms with Crippen LogP contribution < -0.4 is 0 Å². The summed E-state index contributed by atoms with van der Waals surface area (Å²) < 4.78 is 0. The molecule has 0 aliphatic heterocycles. The normalized spacial score (nSPS) is 9.21. The number of benzene rings is 1. The van der Waals surface area contributed by atoms with Crippen LogP contribution in [0.15, 0.2) is 12.1 Å². The third-order valence-electron chi connectivity index (χ3n) is 1.96. The van der Waals surface area contributed by atoms with Crippen LogP contribution in [0.4, 0.5) is 0 Å². The molecule has 0 N–H and O–H groups in total. The molecule has 0 atom stereocenters. The smallest absolute Gasteiger partial charge is 0.253 e. The lowest BCUT2D eigenvalue weighted by atomic mass is 9.99. The first-order valence-corrected chi connectivity index (χ1v) is 4.18. The van der Waals surface area contributed by atoms with Crippen molar-refractivity contribution in [3.05, 3.63) is 34.4 Å². The highest BCUT2D eigenvalue weighted by Crippen LogP contribution is 2.18. The zero-order valence-corrected chi connectivity index (χ0v) is 8.13. The lowest BCUT2D eigenvalue weighted by Gasteiger charge is -2.04. The van der Waals surface area contributed by atoms with E-state index in [0.717, 1.165) is 0 Å². The maximum atomic E-state index is 10.9. The summed E-state index contributed by atoms with van der Waals surface area (Å²) in [6.07, 6.45) is 0.534. The number of hydrogen-bond donors (Lipinski definition) is 0. The second kappa shape index (κ2) is 4.03. The molecule has 1 aromatic carbocycles. The third-order valence-corrected chi connectivity index (χ3v) is 2.17. The Hall–Kier alpha value is -1.66. The van der Waals surface area contributed by atoms with Crippen molar-refractivity contribution in [2.45, 2.75) is 6.92 Å². The molecule has 0 fully saturated rings. The van der Waals surface area contributed by atoms with Crippen molar-refractivity contribution in [2.24, 2.45) is 0 Å². The predicted molar refractivity (Wildman–Crippen MR) is 51.5 cm³/mol. The van der Waals surface area contributed by atoms with E-state index >= 15 is 0 Å².